The average Bonchev–Trinajstić information content (AvgIpc) is 2.53. The highest BCUT2D eigenvalue weighted by Gasteiger charge is 2.20. The summed E-state index contributed by atoms with van der Waals surface area (Å²) in [5.41, 5.74) is 0.441. The number of carbonyl (C=O) groups is 4. The van der Waals surface area contributed by atoms with Crippen molar-refractivity contribution in [2.45, 2.75) is 13.0 Å². The first-order chi connectivity index (χ1) is 10.4. The zero-order valence-electron chi connectivity index (χ0n) is 12.3. The highest BCUT2D eigenvalue weighted by atomic mass is 16.5. The van der Waals surface area contributed by atoms with E-state index in [1.165, 1.54) is 45.3 Å². The van der Waals surface area contributed by atoms with Gasteiger partial charge in [0.05, 0.1) is 18.2 Å². The Bertz CT molecular complexity index is 582. The van der Waals surface area contributed by atoms with E-state index in [0.717, 1.165) is 0 Å². The molecule has 1 aromatic rings. The van der Waals surface area contributed by atoms with Gasteiger partial charge in [0.2, 0.25) is 0 Å². The van der Waals surface area contributed by atoms with Gasteiger partial charge < -0.3 is 14.8 Å². The van der Waals surface area contributed by atoms with Crippen LogP contribution in [0.15, 0.2) is 24.3 Å². The van der Waals surface area contributed by atoms with Crippen LogP contribution in [0.1, 0.15) is 27.6 Å². The summed E-state index contributed by atoms with van der Waals surface area (Å²) in [5.74, 6) is -2.03. The number of hydrogen-bond donors (Lipinski definition) is 2. The molecule has 0 saturated heterocycles. The third-order valence-electron chi connectivity index (χ3n) is 2.66. The Kier molecular flexibility index (Phi) is 6.06. The van der Waals surface area contributed by atoms with Gasteiger partial charge in [-0.1, -0.05) is 0 Å². The lowest BCUT2D eigenvalue weighted by Crippen LogP contribution is -2.43. The van der Waals surface area contributed by atoms with Crippen LogP contribution >= 0.6 is 0 Å². The van der Waals surface area contributed by atoms with Crippen molar-refractivity contribution in [3.63, 3.8) is 0 Å². The summed E-state index contributed by atoms with van der Waals surface area (Å²) in [6, 6.07) is 4.85. The highest BCUT2D eigenvalue weighted by molar-refractivity contribution is 5.98. The van der Waals surface area contributed by atoms with Crippen LogP contribution in [0, 0.1) is 0 Å². The van der Waals surface area contributed by atoms with Crippen LogP contribution in [0.2, 0.25) is 0 Å². The molecule has 0 aliphatic heterocycles. The van der Waals surface area contributed by atoms with E-state index in [1.807, 2.05) is 5.32 Å². The topological polar surface area (TPSA) is 111 Å². The molecule has 0 heterocycles. The Morgan fingerprint density at radius 1 is 1.00 bits per heavy atom. The van der Waals surface area contributed by atoms with Gasteiger partial charge in [-0.25, -0.2) is 14.4 Å². The molecule has 8 heteroatoms. The predicted molar refractivity (Wildman–Crippen MR) is 75.3 cm³/mol. The fraction of sp³-hybridized carbons (Fsp3) is 0.286. The molecule has 1 rings (SSSR count). The number of hydrogen-bond acceptors (Lipinski definition) is 6. The van der Waals surface area contributed by atoms with Crippen LogP contribution in [0.4, 0.5) is 4.79 Å². The predicted octanol–water partition coefficient (Wildman–Crippen LogP) is 0.474. The smallest absolute Gasteiger partial charge is 0.338 e. The van der Waals surface area contributed by atoms with Gasteiger partial charge >= 0.3 is 18.0 Å². The molecular weight excluding hydrogens is 292 g/mol. The lowest BCUT2D eigenvalue weighted by Gasteiger charge is -2.12. The molecule has 2 N–H and O–H groups in total. The molecule has 0 saturated carbocycles. The largest absolute Gasteiger partial charge is 0.465 e. The third kappa shape index (κ3) is 4.58. The Morgan fingerprint density at radius 2 is 1.50 bits per heavy atom. The molecule has 0 spiro atoms. The Labute approximate surface area is 126 Å². The quantitative estimate of drug-likeness (QED) is 0.782. The first-order valence-electron chi connectivity index (χ1n) is 6.31. The number of amides is 3. The van der Waals surface area contributed by atoms with Gasteiger partial charge in [-0.3, -0.25) is 10.1 Å². The number of nitrogens with one attached hydrogen (secondary N) is 2. The molecule has 0 aliphatic carbocycles. The highest BCUT2D eigenvalue weighted by Crippen LogP contribution is 2.08. The molecule has 118 valence electrons. The van der Waals surface area contributed by atoms with Gasteiger partial charge in [-0.05, 0) is 31.2 Å². The fourth-order valence-electron chi connectivity index (χ4n) is 1.42. The summed E-state index contributed by atoms with van der Waals surface area (Å²) in [6.07, 6.45) is -1.15. The monoisotopic (exact) mass is 308 g/mol. The first-order valence-corrected chi connectivity index (χ1v) is 6.31. The number of carbonyl (C=O) groups excluding carboxylic acids is 4. The van der Waals surface area contributed by atoms with Crippen LogP contribution < -0.4 is 10.6 Å². The summed E-state index contributed by atoms with van der Waals surface area (Å²) in [7, 11) is 2.60. The summed E-state index contributed by atoms with van der Waals surface area (Å²) in [5, 5.41) is 4.19. The molecule has 3 amide bonds. The van der Waals surface area contributed by atoms with Crippen LogP contribution in [-0.2, 0) is 14.3 Å². The minimum Gasteiger partial charge on any atom is -0.465 e. The van der Waals surface area contributed by atoms with Crippen molar-refractivity contribution in [3.8, 4) is 0 Å². The van der Waals surface area contributed by atoms with E-state index in [2.05, 4.69) is 10.1 Å². The minimum absolute atomic E-state index is 0.159. The van der Waals surface area contributed by atoms with Crippen LogP contribution in [-0.4, -0.2) is 44.1 Å². The van der Waals surface area contributed by atoms with E-state index in [1.54, 1.807) is 0 Å². The van der Waals surface area contributed by atoms with Crippen LogP contribution in [0.5, 0.6) is 0 Å². The number of benzene rings is 1. The van der Waals surface area contributed by atoms with Crippen LogP contribution in [0.25, 0.3) is 0 Å². The van der Waals surface area contributed by atoms with Crippen molar-refractivity contribution in [3.05, 3.63) is 35.4 Å². The molecular formula is C14H16N2O6. The van der Waals surface area contributed by atoms with Crippen molar-refractivity contribution in [1.29, 1.82) is 0 Å². The zero-order valence-corrected chi connectivity index (χ0v) is 12.3. The molecule has 0 unspecified atom stereocenters. The molecule has 8 nitrogen and oxygen atoms in total. The standard InChI is InChI=1S/C14H16N2O6/c1-8(11(17)16-14(20)15-2)22-13(19)10-6-4-9(5-7-10)12(18)21-3/h4-8H,1-3H3,(H2,15,16,17,20)/t8-/m0/s1. The van der Waals surface area contributed by atoms with E-state index >= 15 is 0 Å². The van der Waals surface area contributed by atoms with Crippen LogP contribution in [0.3, 0.4) is 0 Å². The van der Waals surface area contributed by atoms with Crippen molar-refractivity contribution >= 4 is 23.9 Å². The fourth-order valence-corrected chi connectivity index (χ4v) is 1.42. The summed E-state index contributed by atoms with van der Waals surface area (Å²) < 4.78 is 9.46. The maximum Gasteiger partial charge on any atom is 0.338 e. The molecule has 1 atom stereocenters. The zero-order chi connectivity index (χ0) is 16.7. The SMILES string of the molecule is CNC(=O)NC(=O)[C@H](C)OC(=O)c1ccc(C(=O)OC)cc1. The maximum absolute atomic E-state index is 11.8. The molecule has 22 heavy (non-hydrogen) atoms. The normalized spacial score (nSPS) is 11.0. The van der Waals surface area contributed by atoms with Gasteiger partial charge in [0, 0.05) is 7.05 Å². The Hall–Kier alpha value is -2.90. The van der Waals surface area contributed by atoms with Crippen molar-refractivity contribution in [1.82, 2.24) is 10.6 Å². The van der Waals surface area contributed by atoms with E-state index in [0.29, 0.717) is 0 Å². The lowest BCUT2D eigenvalue weighted by atomic mass is 10.1. The number of imide groups is 1. The van der Waals surface area contributed by atoms with Crippen molar-refractivity contribution < 1.29 is 28.7 Å². The molecule has 0 aliphatic rings. The third-order valence-corrected chi connectivity index (χ3v) is 2.66. The van der Waals surface area contributed by atoms with Gasteiger partial charge in [-0.15, -0.1) is 0 Å². The summed E-state index contributed by atoms with van der Waals surface area (Å²) >= 11 is 0. The van der Waals surface area contributed by atoms with Gasteiger partial charge in [-0.2, -0.15) is 0 Å². The molecule has 1 aromatic carbocycles. The first kappa shape index (κ1) is 17.2. The Balaban J connectivity index is 2.66. The molecule has 0 radical (unpaired) electrons. The lowest BCUT2D eigenvalue weighted by molar-refractivity contribution is -0.127. The van der Waals surface area contributed by atoms with E-state index in [-0.39, 0.29) is 11.1 Å². The van der Waals surface area contributed by atoms with Crippen molar-refractivity contribution in [2.75, 3.05) is 14.2 Å². The second-order valence-corrected chi connectivity index (χ2v) is 4.18. The number of methoxy groups -OCH3 is 1. The summed E-state index contributed by atoms with van der Waals surface area (Å²) in [4.78, 5) is 45.6. The number of urea groups is 1. The Morgan fingerprint density at radius 3 is 1.95 bits per heavy atom. The van der Waals surface area contributed by atoms with E-state index in [4.69, 9.17) is 4.74 Å². The second-order valence-electron chi connectivity index (χ2n) is 4.18. The molecule has 0 aromatic heterocycles. The number of rotatable bonds is 4. The summed E-state index contributed by atoms with van der Waals surface area (Å²) in [6.45, 7) is 1.33. The molecule has 0 fully saturated rings. The average molecular weight is 308 g/mol. The van der Waals surface area contributed by atoms with E-state index in [9.17, 15) is 19.2 Å². The van der Waals surface area contributed by atoms with Gasteiger partial charge in [0.25, 0.3) is 5.91 Å². The van der Waals surface area contributed by atoms with E-state index < -0.39 is 30.0 Å². The number of esters is 2. The van der Waals surface area contributed by atoms with Gasteiger partial charge in [0.1, 0.15) is 0 Å². The minimum atomic E-state index is -1.15. The number of ether oxygens (including phenoxy) is 2. The maximum atomic E-state index is 11.8. The molecule has 0 bridgehead atoms. The second kappa shape index (κ2) is 7.77. The van der Waals surface area contributed by atoms with Gasteiger partial charge in [0.15, 0.2) is 6.10 Å². The van der Waals surface area contributed by atoms with Crippen molar-refractivity contribution in [2.24, 2.45) is 0 Å².